The first-order chi connectivity index (χ1) is 9.66. The predicted octanol–water partition coefficient (Wildman–Crippen LogP) is 2.35. The molecule has 1 atom stereocenters. The Bertz CT molecular complexity index is 399. The maximum Gasteiger partial charge on any atom is 0.0596 e. The number of aromatic nitrogens is 2. The third-order valence-electron chi connectivity index (χ3n) is 4.40. The van der Waals surface area contributed by atoms with E-state index in [9.17, 15) is 0 Å². The third kappa shape index (κ3) is 4.60. The maximum absolute atomic E-state index is 4.49. The van der Waals surface area contributed by atoms with Gasteiger partial charge in [0.1, 0.15) is 0 Å². The van der Waals surface area contributed by atoms with Gasteiger partial charge in [0.25, 0.3) is 0 Å². The van der Waals surface area contributed by atoms with Gasteiger partial charge in [-0.3, -0.25) is 4.68 Å². The number of rotatable bonds is 7. The van der Waals surface area contributed by atoms with Crippen LogP contribution in [0.2, 0.25) is 0 Å². The summed E-state index contributed by atoms with van der Waals surface area (Å²) in [6.07, 6.45) is 6.61. The van der Waals surface area contributed by atoms with Crippen molar-refractivity contribution in [2.24, 2.45) is 0 Å². The van der Waals surface area contributed by atoms with Gasteiger partial charge in [0.05, 0.1) is 5.69 Å². The fourth-order valence-electron chi connectivity index (χ4n) is 3.16. The van der Waals surface area contributed by atoms with Crippen LogP contribution in [-0.4, -0.2) is 47.4 Å². The lowest BCUT2D eigenvalue weighted by atomic mass is 10.0. The highest BCUT2D eigenvalue weighted by atomic mass is 15.3. The number of likely N-dealkylation sites (tertiary alicyclic amines) is 1. The smallest absolute Gasteiger partial charge is 0.0596 e. The molecule has 4 nitrogen and oxygen atoms in total. The van der Waals surface area contributed by atoms with Crippen molar-refractivity contribution in [3.8, 4) is 0 Å². The van der Waals surface area contributed by atoms with E-state index in [0.29, 0.717) is 0 Å². The average molecular weight is 278 g/mol. The summed E-state index contributed by atoms with van der Waals surface area (Å²) in [5.74, 6) is 0. The molecule has 0 aromatic carbocycles. The van der Waals surface area contributed by atoms with Gasteiger partial charge in [0, 0.05) is 18.3 Å². The van der Waals surface area contributed by atoms with E-state index in [-0.39, 0.29) is 0 Å². The van der Waals surface area contributed by atoms with E-state index in [2.05, 4.69) is 47.0 Å². The van der Waals surface area contributed by atoms with Crippen LogP contribution in [0, 0.1) is 13.8 Å². The fourth-order valence-corrected chi connectivity index (χ4v) is 3.16. The molecule has 4 heteroatoms. The maximum atomic E-state index is 4.49. The van der Waals surface area contributed by atoms with Crippen LogP contribution in [0.15, 0.2) is 6.07 Å². The highest BCUT2D eigenvalue weighted by Crippen LogP contribution is 2.16. The number of piperidine rings is 1. The number of nitrogens with one attached hydrogen (secondary N) is 1. The Labute approximate surface area is 123 Å². The number of hydrogen-bond acceptors (Lipinski definition) is 3. The molecule has 0 aliphatic carbocycles. The summed E-state index contributed by atoms with van der Waals surface area (Å²) < 4.78 is 2.12. The van der Waals surface area contributed by atoms with Crippen LogP contribution in [-0.2, 0) is 6.54 Å². The molecule has 1 unspecified atom stereocenters. The second-order valence-electron chi connectivity index (χ2n) is 6.17. The van der Waals surface area contributed by atoms with E-state index in [1.807, 2.05) is 0 Å². The molecule has 1 N–H and O–H groups in total. The highest BCUT2D eigenvalue weighted by Gasteiger charge is 2.17. The lowest BCUT2D eigenvalue weighted by Gasteiger charge is -2.32. The van der Waals surface area contributed by atoms with E-state index < -0.39 is 0 Å². The Morgan fingerprint density at radius 1 is 1.30 bits per heavy atom. The van der Waals surface area contributed by atoms with Crippen LogP contribution in [0.4, 0.5) is 0 Å². The summed E-state index contributed by atoms with van der Waals surface area (Å²) in [6.45, 7) is 8.73. The Kier molecular flexibility index (Phi) is 6.05. The van der Waals surface area contributed by atoms with Gasteiger partial charge in [-0.15, -0.1) is 0 Å². The van der Waals surface area contributed by atoms with Crippen LogP contribution < -0.4 is 5.32 Å². The molecule has 2 heterocycles. The molecule has 1 aromatic heterocycles. The van der Waals surface area contributed by atoms with E-state index in [1.54, 1.807) is 0 Å². The van der Waals surface area contributed by atoms with E-state index in [1.165, 1.54) is 37.9 Å². The molecule has 114 valence electrons. The van der Waals surface area contributed by atoms with Crippen LogP contribution in [0.1, 0.15) is 43.5 Å². The van der Waals surface area contributed by atoms with Crippen LogP contribution >= 0.6 is 0 Å². The molecule has 1 saturated heterocycles. The standard InChI is InChI=1S/C16H30N4/c1-14-13-15(2)20(18-14)12-6-9-17-10-8-16-7-4-5-11-19(16)3/h13,16-17H,4-12H2,1-3H3. The minimum Gasteiger partial charge on any atom is -0.317 e. The molecule has 0 radical (unpaired) electrons. The van der Waals surface area contributed by atoms with E-state index >= 15 is 0 Å². The summed E-state index contributed by atoms with van der Waals surface area (Å²) in [7, 11) is 2.27. The lowest BCUT2D eigenvalue weighted by molar-refractivity contribution is 0.175. The zero-order valence-electron chi connectivity index (χ0n) is 13.4. The molecular formula is C16H30N4. The molecule has 2 rings (SSSR count). The predicted molar refractivity (Wildman–Crippen MR) is 84.1 cm³/mol. The van der Waals surface area contributed by atoms with Crippen molar-refractivity contribution >= 4 is 0 Å². The first kappa shape index (κ1) is 15.5. The second kappa shape index (κ2) is 7.79. The molecular weight excluding hydrogens is 248 g/mol. The van der Waals surface area contributed by atoms with E-state index in [4.69, 9.17) is 0 Å². The fraction of sp³-hybridized carbons (Fsp3) is 0.812. The topological polar surface area (TPSA) is 33.1 Å². The first-order valence-corrected chi connectivity index (χ1v) is 8.09. The van der Waals surface area contributed by atoms with Crippen molar-refractivity contribution in [1.82, 2.24) is 20.0 Å². The Balaban J connectivity index is 1.54. The zero-order valence-corrected chi connectivity index (χ0v) is 13.4. The summed E-state index contributed by atoms with van der Waals surface area (Å²) in [5.41, 5.74) is 2.39. The minimum absolute atomic E-state index is 0.798. The average Bonchev–Trinajstić information content (AvgIpc) is 2.74. The monoisotopic (exact) mass is 278 g/mol. The summed E-state index contributed by atoms with van der Waals surface area (Å²) in [6, 6.07) is 2.94. The second-order valence-corrected chi connectivity index (χ2v) is 6.17. The van der Waals surface area contributed by atoms with Gasteiger partial charge < -0.3 is 10.2 Å². The highest BCUT2D eigenvalue weighted by molar-refractivity contribution is 5.06. The SMILES string of the molecule is Cc1cc(C)n(CCCNCCC2CCCCN2C)n1. The van der Waals surface area contributed by atoms with Gasteiger partial charge >= 0.3 is 0 Å². The zero-order chi connectivity index (χ0) is 14.4. The first-order valence-electron chi connectivity index (χ1n) is 8.09. The van der Waals surface area contributed by atoms with Gasteiger partial charge in [-0.2, -0.15) is 5.10 Å². The quantitative estimate of drug-likeness (QED) is 0.777. The van der Waals surface area contributed by atoms with Crippen molar-refractivity contribution in [2.45, 2.75) is 58.5 Å². The van der Waals surface area contributed by atoms with Gasteiger partial charge in [-0.25, -0.2) is 0 Å². The van der Waals surface area contributed by atoms with Gasteiger partial charge in [0.2, 0.25) is 0 Å². The Hall–Kier alpha value is -0.870. The molecule has 0 amide bonds. The van der Waals surface area contributed by atoms with Gasteiger partial charge in [0.15, 0.2) is 0 Å². The van der Waals surface area contributed by atoms with Crippen molar-refractivity contribution in [3.05, 3.63) is 17.5 Å². The number of hydrogen-bond donors (Lipinski definition) is 1. The molecule has 1 aliphatic heterocycles. The molecule has 1 aliphatic rings. The molecule has 1 aromatic rings. The molecule has 20 heavy (non-hydrogen) atoms. The lowest BCUT2D eigenvalue weighted by Crippen LogP contribution is -2.38. The van der Waals surface area contributed by atoms with Crippen molar-refractivity contribution in [3.63, 3.8) is 0 Å². The van der Waals surface area contributed by atoms with Crippen molar-refractivity contribution in [1.29, 1.82) is 0 Å². The molecule has 0 spiro atoms. The van der Waals surface area contributed by atoms with Crippen LogP contribution in [0.25, 0.3) is 0 Å². The Morgan fingerprint density at radius 2 is 2.15 bits per heavy atom. The summed E-state index contributed by atoms with van der Waals surface area (Å²) in [5, 5.41) is 8.08. The largest absolute Gasteiger partial charge is 0.317 e. The number of nitrogens with zero attached hydrogens (tertiary/aromatic N) is 3. The third-order valence-corrected chi connectivity index (χ3v) is 4.40. The molecule has 1 fully saturated rings. The summed E-state index contributed by atoms with van der Waals surface area (Å²) >= 11 is 0. The van der Waals surface area contributed by atoms with E-state index in [0.717, 1.165) is 37.8 Å². The molecule has 0 bridgehead atoms. The van der Waals surface area contributed by atoms with Gasteiger partial charge in [-0.1, -0.05) is 6.42 Å². The van der Waals surface area contributed by atoms with Crippen molar-refractivity contribution in [2.75, 3.05) is 26.7 Å². The minimum atomic E-state index is 0.798. The van der Waals surface area contributed by atoms with Gasteiger partial charge in [-0.05, 0) is 72.3 Å². The summed E-state index contributed by atoms with van der Waals surface area (Å²) in [4.78, 5) is 2.53. The molecule has 0 saturated carbocycles. The van der Waals surface area contributed by atoms with Crippen LogP contribution in [0.3, 0.4) is 0 Å². The Morgan fingerprint density at radius 3 is 2.85 bits per heavy atom. The van der Waals surface area contributed by atoms with Crippen molar-refractivity contribution < 1.29 is 0 Å². The number of aryl methyl sites for hydroxylation is 3. The normalized spacial score (nSPS) is 20.4. The van der Waals surface area contributed by atoms with Crippen LogP contribution in [0.5, 0.6) is 0 Å².